The Hall–Kier alpha value is -2.98. The van der Waals surface area contributed by atoms with Crippen LogP contribution in [0.4, 0.5) is 0 Å². The van der Waals surface area contributed by atoms with E-state index >= 15 is 0 Å². The second kappa shape index (κ2) is 11.2. The Morgan fingerprint density at radius 2 is 1.88 bits per heavy atom. The third kappa shape index (κ3) is 5.88. The second-order valence-corrected chi connectivity index (χ2v) is 8.77. The zero-order chi connectivity index (χ0) is 24.0. The summed E-state index contributed by atoms with van der Waals surface area (Å²) in [6.07, 6.45) is 5.34. The summed E-state index contributed by atoms with van der Waals surface area (Å²) >= 11 is 7.36. The van der Waals surface area contributed by atoms with Gasteiger partial charge in [0.05, 0.1) is 7.11 Å². The number of methoxy groups -OCH3 is 1. The van der Waals surface area contributed by atoms with Crippen molar-refractivity contribution in [3.63, 3.8) is 0 Å². The standard InChI is InChI=1S/C25H23IN2O4S/c1-4-6-18-12-17(13-20-23(29)27-25(33)28(11-5-2)24(20)30)14-21(31-3)22(18)32-15-16-7-9-19(26)10-8-16/h4-5,7-10,12-14H,1-2,6,11,15H2,3H3,(H,27,29,33)/b20-13+. The average molecular weight is 574 g/mol. The Kier molecular flexibility index (Phi) is 8.40. The Morgan fingerprint density at radius 3 is 2.52 bits per heavy atom. The van der Waals surface area contributed by atoms with Crippen molar-refractivity contribution in [1.82, 2.24) is 10.2 Å². The van der Waals surface area contributed by atoms with E-state index < -0.39 is 11.8 Å². The highest BCUT2D eigenvalue weighted by Crippen LogP contribution is 2.35. The van der Waals surface area contributed by atoms with Crippen molar-refractivity contribution >= 4 is 57.8 Å². The van der Waals surface area contributed by atoms with Crippen LogP contribution in [0.3, 0.4) is 0 Å². The molecule has 0 radical (unpaired) electrons. The first-order valence-electron chi connectivity index (χ1n) is 10.1. The van der Waals surface area contributed by atoms with Gasteiger partial charge >= 0.3 is 0 Å². The van der Waals surface area contributed by atoms with Crippen LogP contribution < -0.4 is 14.8 Å². The minimum Gasteiger partial charge on any atom is -0.493 e. The highest BCUT2D eigenvalue weighted by atomic mass is 127. The first-order chi connectivity index (χ1) is 15.9. The molecule has 6 nitrogen and oxygen atoms in total. The molecule has 2 amide bonds. The summed E-state index contributed by atoms with van der Waals surface area (Å²) in [5.74, 6) is 0.0568. The summed E-state index contributed by atoms with van der Waals surface area (Å²) in [4.78, 5) is 26.6. The smallest absolute Gasteiger partial charge is 0.265 e. The summed E-state index contributed by atoms with van der Waals surface area (Å²) in [6.45, 7) is 8.03. The molecule has 2 aromatic rings. The first-order valence-corrected chi connectivity index (χ1v) is 11.6. The number of rotatable bonds is 9. The highest BCUT2D eigenvalue weighted by molar-refractivity contribution is 14.1. The topological polar surface area (TPSA) is 67.9 Å². The molecule has 0 saturated carbocycles. The number of carbonyl (C=O) groups excluding carboxylic acids is 2. The lowest BCUT2D eigenvalue weighted by atomic mass is 10.0. The molecule has 1 fully saturated rings. The Bertz CT molecular complexity index is 1140. The maximum atomic E-state index is 12.8. The number of nitrogens with one attached hydrogen (secondary N) is 1. The molecule has 3 rings (SSSR count). The summed E-state index contributed by atoms with van der Waals surface area (Å²) in [7, 11) is 1.55. The van der Waals surface area contributed by atoms with E-state index in [1.807, 2.05) is 30.3 Å². The molecule has 0 unspecified atom stereocenters. The van der Waals surface area contributed by atoms with E-state index in [1.54, 1.807) is 25.3 Å². The second-order valence-electron chi connectivity index (χ2n) is 7.14. The van der Waals surface area contributed by atoms with Crippen molar-refractivity contribution in [2.45, 2.75) is 13.0 Å². The minimum absolute atomic E-state index is 0.0235. The Morgan fingerprint density at radius 1 is 1.15 bits per heavy atom. The van der Waals surface area contributed by atoms with E-state index in [0.29, 0.717) is 30.1 Å². The monoisotopic (exact) mass is 574 g/mol. The highest BCUT2D eigenvalue weighted by Gasteiger charge is 2.32. The lowest BCUT2D eigenvalue weighted by molar-refractivity contribution is -0.128. The Labute approximate surface area is 212 Å². The van der Waals surface area contributed by atoms with Crippen molar-refractivity contribution in [3.05, 3.63) is 87.5 Å². The van der Waals surface area contributed by atoms with Crippen molar-refractivity contribution in [2.75, 3.05) is 13.7 Å². The van der Waals surface area contributed by atoms with Crippen LogP contribution in [-0.2, 0) is 22.6 Å². The molecule has 1 heterocycles. The predicted molar refractivity (Wildman–Crippen MR) is 141 cm³/mol. The van der Waals surface area contributed by atoms with E-state index in [9.17, 15) is 9.59 Å². The van der Waals surface area contributed by atoms with Crippen molar-refractivity contribution < 1.29 is 19.1 Å². The fourth-order valence-corrected chi connectivity index (χ4v) is 3.89. The molecule has 33 heavy (non-hydrogen) atoms. The molecular weight excluding hydrogens is 551 g/mol. The van der Waals surface area contributed by atoms with Crippen LogP contribution in [0.25, 0.3) is 6.08 Å². The number of hydrogen-bond acceptors (Lipinski definition) is 5. The maximum Gasteiger partial charge on any atom is 0.265 e. The minimum atomic E-state index is -0.548. The average Bonchev–Trinajstić information content (AvgIpc) is 2.79. The van der Waals surface area contributed by atoms with Crippen LogP contribution in [-0.4, -0.2) is 35.5 Å². The molecule has 2 aromatic carbocycles. The maximum absolute atomic E-state index is 12.8. The SMILES string of the molecule is C=CCc1cc(/C=C2\C(=O)NC(=S)N(CC=C)C2=O)cc(OC)c1OCc1ccc(I)cc1. The molecular formula is C25H23IN2O4S. The quantitative estimate of drug-likeness (QED) is 0.158. The third-order valence-electron chi connectivity index (χ3n) is 4.84. The fourth-order valence-electron chi connectivity index (χ4n) is 3.28. The van der Waals surface area contributed by atoms with Gasteiger partial charge in [-0.1, -0.05) is 24.3 Å². The van der Waals surface area contributed by atoms with Gasteiger partial charge in [-0.2, -0.15) is 0 Å². The normalized spacial score (nSPS) is 14.8. The number of amides is 2. The molecule has 170 valence electrons. The van der Waals surface area contributed by atoms with Gasteiger partial charge in [-0.3, -0.25) is 19.8 Å². The number of ether oxygens (including phenoxy) is 2. The molecule has 0 aromatic heterocycles. The number of allylic oxidation sites excluding steroid dienone is 1. The zero-order valence-electron chi connectivity index (χ0n) is 18.1. The van der Waals surface area contributed by atoms with E-state index in [2.05, 4.69) is 41.1 Å². The van der Waals surface area contributed by atoms with Gasteiger partial charge < -0.3 is 9.47 Å². The van der Waals surface area contributed by atoms with Crippen LogP contribution in [0.15, 0.2) is 67.3 Å². The van der Waals surface area contributed by atoms with Gasteiger partial charge in [0.25, 0.3) is 11.8 Å². The lowest BCUT2D eigenvalue weighted by Crippen LogP contribution is -2.53. The fraction of sp³-hybridized carbons (Fsp3) is 0.160. The van der Waals surface area contributed by atoms with Crippen LogP contribution >= 0.6 is 34.8 Å². The number of thiocarbonyl (C=S) groups is 1. The van der Waals surface area contributed by atoms with Gasteiger partial charge in [0, 0.05) is 15.7 Å². The van der Waals surface area contributed by atoms with Crippen LogP contribution in [0, 0.1) is 3.57 Å². The summed E-state index contributed by atoms with van der Waals surface area (Å²) in [5.41, 5.74) is 2.44. The van der Waals surface area contributed by atoms with Crippen molar-refractivity contribution in [3.8, 4) is 11.5 Å². The van der Waals surface area contributed by atoms with Crippen LogP contribution in [0.2, 0.25) is 0 Å². The number of halogens is 1. The molecule has 1 aliphatic rings. The first kappa shape index (κ1) is 24.7. The predicted octanol–water partition coefficient (Wildman–Crippen LogP) is 4.42. The van der Waals surface area contributed by atoms with E-state index in [-0.39, 0.29) is 17.2 Å². The third-order valence-corrected chi connectivity index (χ3v) is 5.88. The van der Waals surface area contributed by atoms with Gasteiger partial charge in [0.15, 0.2) is 16.6 Å². The van der Waals surface area contributed by atoms with Gasteiger partial charge in [-0.05, 0) is 82.7 Å². The largest absolute Gasteiger partial charge is 0.493 e. The molecule has 1 N–H and O–H groups in total. The molecule has 8 heteroatoms. The molecule has 0 bridgehead atoms. The van der Waals surface area contributed by atoms with Crippen molar-refractivity contribution in [1.29, 1.82) is 0 Å². The van der Waals surface area contributed by atoms with Crippen LogP contribution in [0.1, 0.15) is 16.7 Å². The number of nitrogens with zero attached hydrogens (tertiary/aromatic N) is 1. The van der Waals surface area contributed by atoms with Gasteiger partial charge in [0.1, 0.15) is 12.2 Å². The molecule has 0 atom stereocenters. The summed E-state index contributed by atoms with van der Waals surface area (Å²) in [5, 5.41) is 2.61. The van der Waals surface area contributed by atoms with E-state index in [1.165, 1.54) is 11.0 Å². The van der Waals surface area contributed by atoms with Gasteiger partial charge in [0.2, 0.25) is 0 Å². The summed E-state index contributed by atoms with van der Waals surface area (Å²) < 4.78 is 12.8. The van der Waals surface area contributed by atoms with Gasteiger partial charge in [-0.15, -0.1) is 13.2 Å². The lowest BCUT2D eigenvalue weighted by Gasteiger charge is -2.27. The molecule has 0 spiro atoms. The van der Waals surface area contributed by atoms with Crippen molar-refractivity contribution in [2.24, 2.45) is 0 Å². The summed E-state index contributed by atoms with van der Waals surface area (Å²) in [6, 6.07) is 11.6. The number of carbonyl (C=O) groups is 2. The molecule has 1 aliphatic heterocycles. The molecule has 0 aliphatic carbocycles. The van der Waals surface area contributed by atoms with E-state index in [0.717, 1.165) is 14.7 Å². The number of benzene rings is 2. The zero-order valence-corrected chi connectivity index (χ0v) is 21.1. The molecule has 1 saturated heterocycles. The van der Waals surface area contributed by atoms with Crippen LogP contribution in [0.5, 0.6) is 11.5 Å². The number of hydrogen-bond donors (Lipinski definition) is 1. The Balaban J connectivity index is 1.97. The van der Waals surface area contributed by atoms with Gasteiger partial charge in [-0.25, -0.2) is 0 Å². The van der Waals surface area contributed by atoms with E-state index in [4.69, 9.17) is 21.7 Å².